The third-order valence-electron chi connectivity index (χ3n) is 5.73. The first-order chi connectivity index (χ1) is 15.5. The van der Waals surface area contributed by atoms with Gasteiger partial charge in [-0.2, -0.15) is 0 Å². The zero-order chi connectivity index (χ0) is 22.5. The zero-order valence-corrected chi connectivity index (χ0v) is 19.4. The fourth-order valence-corrected chi connectivity index (χ4v) is 4.53. The van der Waals surface area contributed by atoms with Crippen LogP contribution in [0.1, 0.15) is 34.4 Å². The van der Waals surface area contributed by atoms with Gasteiger partial charge in [0, 0.05) is 23.2 Å². The molecule has 0 bridgehead atoms. The van der Waals surface area contributed by atoms with E-state index in [4.69, 9.17) is 0 Å². The molecular formula is C26H29N3O2S. The Morgan fingerprint density at radius 3 is 2.31 bits per heavy atom. The Morgan fingerprint density at radius 1 is 0.969 bits per heavy atom. The smallest absolute Gasteiger partial charge is 0.322 e. The molecule has 0 aliphatic heterocycles. The summed E-state index contributed by atoms with van der Waals surface area (Å²) < 4.78 is 0. The highest BCUT2D eigenvalue weighted by Crippen LogP contribution is 2.28. The summed E-state index contributed by atoms with van der Waals surface area (Å²) in [5, 5.41) is 5.01. The molecule has 0 radical (unpaired) electrons. The van der Waals surface area contributed by atoms with Crippen molar-refractivity contribution in [2.75, 3.05) is 11.9 Å². The normalized spacial score (nSPS) is 12.9. The van der Waals surface area contributed by atoms with Gasteiger partial charge in [-0.15, -0.1) is 11.3 Å². The Bertz CT molecular complexity index is 1060. The van der Waals surface area contributed by atoms with Crippen LogP contribution in [-0.4, -0.2) is 34.3 Å². The summed E-state index contributed by atoms with van der Waals surface area (Å²) >= 11 is 1.67. The number of hydrogen-bond donors (Lipinski definition) is 1. The maximum atomic E-state index is 13.4. The molecule has 3 amide bonds. The predicted molar refractivity (Wildman–Crippen MR) is 130 cm³/mol. The van der Waals surface area contributed by atoms with Gasteiger partial charge in [0.2, 0.25) is 5.91 Å². The Morgan fingerprint density at radius 2 is 1.69 bits per heavy atom. The van der Waals surface area contributed by atoms with E-state index in [-0.39, 0.29) is 24.5 Å². The number of hydrogen-bond acceptors (Lipinski definition) is 3. The lowest BCUT2D eigenvalue weighted by Gasteiger charge is -2.28. The number of rotatable bonds is 8. The highest BCUT2D eigenvalue weighted by molar-refractivity contribution is 7.10. The van der Waals surface area contributed by atoms with Gasteiger partial charge in [0.05, 0.1) is 6.54 Å². The molecule has 1 saturated carbocycles. The number of anilines is 1. The van der Waals surface area contributed by atoms with Crippen LogP contribution in [0.5, 0.6) is 0 Å². The molecule has 32 heavy (non-hydrogen) atoms. The summed E-state index contributed by atoms with van der Waals surface area (Å²) in [6.07, 6.45) is 1.88. The quantitative estimate of drug-likeness (QED) is 0.489. The van der Waals surface area contributed by atoms with Crippen molar-refractivity contribution in [3.8, 4) is 0 Å². The second-order valence-electron chi connectivity index (χ2n) is 8.42. The monoisotopic (exact) mass is 447 g/mol. The third-order valence-corrected chi connectivity index (χ3v) is 6.74. The van der Waals surface area contributed by atoms with Crippen molar-refractivity contribution in [3.05, 3.63) is 87.6 Å². The molecule has 4 rings (SSSR count). The fourth-order valence-electron chi connectivity index (χ4n) is 3.61. The Balaban J connectivity index is 1.48. The Labute approximate surface area is 193 Å². The van der Waals surface area contributed by atoms with Gasteiger partial charge in [0.25, 0.3) is 0 Å². The maximum Gasteiger partial charge on any atom is 0.322 e. The first-order valence-electron chi connectivity index (χ1n) is 11.0. The molecule has 0 spiro atoms. The molecule has 0 unspecified atom stereocenters. The van der Waals surface area contributed by atoms with E-state index in [1.54, 1.807) is 16.2 Å². The summed E-state index contributed by atoms with van der Waals surface area (Å²) in [6.45, 7) is 5.24. The van der Waals surface area contributed by atoms with E-state index in [0.29, 0.717) is 13.1 Å². The molecular weight excluding hydrogens is 418 g/mol. The molecule has 166 valence electrons. The van der Waals surface area contributed by atoms with Crippen molar-refractivity contribution in [2.24, 2.45) is 0 Å². The van der Waals surface area contributed by atoms with Gasteiger partial charge in [-0.1, -0.05) is 48.0 Å². The van der Waals surface area contributed by atoms with Crippen LogP contribution in [0.3, 0.4) is 0 Å². The number of amides is 3. The van der Waals surface area contributed by atoms with Crippen LogP contribution in [0.4, 0.5) is 10.5 Å². The number of urea groups is 1. The summed E-state index contributed by atoms with van der Waals surface area (Å²) in [5.41, 5.74) is 4.15. The van der Waals surface area contributed by atoms with E-state index >= 15 is 0 Å². The first kappa shape index (κ1) is 22.1. The van der Waals surface area contributed by atoms with Crippen LogP contribution < -0.4 is 5.32 Å². The molecule has 3 aromatic rings. The third kappa shape index (κ3) is 5.77. The molecule has 1 N–H and O–H groups in total. The van der Waals surface area contributed by atoms with Crippen LogP contribution in [-0.2, 0) is 17.9 Å². The summed E-state index contributed by atoms with van der Waals surface area (Å²) in [5.74, 6) is -0.0346. The second-order valence-corrected chi connectivity index (χ2v) is 9.42. The highest BCUT2D eigenvalue weighted by Gasteiger charge is 2.35. The van der Waals surface area contributed by atoms with Crippen LogP contribution in [0.15, 0.2) is 66.0 Å². The van der Waals surface area contributed by atoms with Crippen LogP contribution in [0.2, 0.25) is 0 Å². The molecule has 1 aromatic heterocycles. The van der Waals surface area contributed by atoms with Gasteiger partial charge < -0.3 is 15.1 Å². The fraction of sp³-hybridized carbons (Fsp3) is 0.308. The lowest BCUT2D eigenvalue weighted by atomic mass is 10.2. The van der Waals surface area contributed by atoms with Crippen molar-refractivity contribution in [1.82, 2.24) is 9.80 Å². The molecule has 0 saturated heterocycles. The van der Waals surface area contributed by atoms with Gasteiger partial charge in [0.15, 0.2) is 0 Å². The van der Waals surface area contributed by atoms with Crippen molar-refractivity contribution >= 4 is 29.0 Å². The largest absolute Gasteiger partial charge is 0.332 e. The van der Waals surface area contributed by atoms with Crippen LogP contribution in [0, 0.1) is 13.8 Å². The number of thiophene rings is 1. The van der Waals surface area contributed by atoms with Crippen molar-refractivity contribution in [3.63, 3.8) is 0 Å². The maximum absolute atomic E-state index is 13.4. The minimum absolute atomic E-state index is 0.0346. The summed E-state index contributed by atoms with van der Waals surface area (Å²) in [4.78, 5) is 31.2. The number of nitrogens with one attached hydrogen (secondary N) is 1. The van der Waals surface area contributed by atoms with Gasteiger partial charge in [-0.3, -0.25) is 4.79 Å². The zero-order valence-electron chi connectivity index (χ0n) is 18.6. The van der Waals surface area contributed by atoms with E-state index in [2.05, 4.69) is 23.7 Å². The van der Waals surface area contributed by atoms with Gasteiger partial charge >= 0.3 is 6.03 Å². The van der Waals surface area contributed by atoms with E-state index in [9.17, 15) is 9.59 Å². The Hall–Kier alpha value is -3.12. The van der Waals surface area contributed by atoms with E-state index in [1.807, 2.05) is 66.4 Å². The molecule has 2 aromatic carbocycles. The van der Waals surface area contributed by atoms with Crippen molar-refractivity contribution in [2.45, 2.75) is 45.8 Å². The number of carbonyl (C=O) groups excluding carboxylic acids is 2. The van der Waals surface area contributed by atoms with Gasteiger partial charge in [-0.05, 0) is 61.4 Å². The molecule has 0 atom stereocenters. The average molecular weight is 448 g/mol. The van der Waals surface area contributed by atoms with E-state index < -0.39 is 0 Å². The standard InChI is InChI=1S/C26H29N3O2S/c1-19-8-10-22(11-9-19)27-26(31)29(23-12-13-23)18-25(30)28(16-21-6-4-3-5-7-21)17-24-20(2)14-15-32-24/h3-11,14-15,23H,12-13,16-18H2,1-2H3,(H,27,31). The SMILES string of the molecule is Cc1ccc(NC(=O)N(CC(=O)N(Cc2ccccc2)Cc2sccc2C)C2CC2)cc1. The molecule has 6 heteroatoms. The van der Waals surface area contributed by atoms with E-state index in [0.717, 1.165) is 29.7 Å². The minimum Gasteiger partial charge on any atom is -0.332 e. The highest BCUT2D eigenvalue weighted by atomic mass is 32.1. The number of benzene rings is 2. The molecule has 1 aliphatic carbocycles. The van der Waals surface area contributed by atoms with E-state index in [1.165, 1.54) is 10.4 Å². The first-order valence-corrected chi connectivity index (χ1v) is 11.9. The topological polar surface area (TPSA) is 52.7 Å². The molecule has 5 nitrogen and oxygen atoms in total. The van der Waals surface area contributed by atoms with Gasteiger partial charge in [0.1, 0.15) is 6.54 Å². The molecule has 1 heterocycles. The lowest BCUT2D eigenvalue weighted by molar-refractivity contribution is -0.133. The minimum atomic E-state index is -0.211. The van der Waals surface area contributed by atoms with Crippen LogP contribution in [0.25, 0.3) is 0 Å². The lowest BCUT2D eigenvalue weighted by Crippen LogP contribution is -2.45. The predicted octanol–water partition coefficient (Wildman–Crippen LogP) is 5.59. The van der Waals surface area contributed by atoms with Crippen LogP contribution >= 0.6 is 11.3 Å². The number of aryl methyl sites for hydroxylation is 2. The molecule has 1 aliphatic rings. The number of nitrogens with zero attached hydrogens (tertiary/aromatic N) is 2. The Kier molecular flexibility index (Phi) is 6.90. The second kappa shape index (κ2) is 10.0. The average Bonchev–Trinajstić information content (AvgIpc) is 3.55. The summed E-state index contributed by atoms with van der Waals surface area (Å²) in [6, 6.07) is 19.7. The molecule has 1 fully saturated rings. The van der Waals surface area contributed by atoms with Crippen molar-refractivity contribution in [1.29, 1.82) is 0 Å². The van der Waals surface area contributed by atoms with Gasteiger partial charge in [-0.25, -0.2) is 4.79 Å². The number of carbonyl (C=O) groups is 2. The summed E-state index contributed by atoms with van der Waals surface area (Å²) in [7, 11) is 0. The van der Waals surface area contributed by atoms with Crippen molar-refractivity contribution < 1.29 is 9.59 Å².